The highest BCUT2D eigenvalue weighted by molar-refractivity contribution is 7.68. The SMILES string of the molecule is Nc1ncnc2c1ncn2CC(CF)OCP(=O)(O)OP(=O)(O)OP(=O)(O)O. The molecule has 28 heavy (non-hydrogen) atoms. The molecular formula is C9H15FN5O10P3. The van der Waals surface area contributed by atoms with Crippen LogP contribution >= 0.6 is 23.2 Å². The molecule has 0 amide bonds. The number of halogens is 1. The van der Waals surface area contributed by atoms with Crippen LogP contribution in [0.25, 0.3) is 11.2 Å². The van der Waals surface area contributed by atoms with E-state index < -0.39 is 42.4 Å². The predicted molar refractivity (Wildman–Crippen MR) is 89.3 cm³/mol. The summed E-state index contributed by atoms with van der Waals surface area (Å²) in [4.78, 5) is 47.1. The number of rotatable bonds is 10. The van der Waals surface area contributed by atoms with Crippen LogP contribution in [0.4, 0.5) is 10.2 Å². The molecule has 15 nitrogen and oxygen atoms in total. The van der Waals surface area contributed by atoms with E-state index in [1.165, 1.54) is 10.9 Å². The number of nitrogens with zero attached hydrogens (tertiary/aromatic N) is 4. The molecular weight excluding hydrogens is 450 g/mol. The molecule has 3 unspecified atom stereocenters. The first-order chi connectivity index (χ1) is 12.8. The molecule has 2 aromatic heterocycles. The van der Waals surface area contributed by atoms with Gasteiger partial charge in [-0.25, -0.2) is 32.8 Å². The fourth-order valence-electron chi connectivity index (χ4n) is 1.93. The Bertz CT molecular complexity index is 981. The maximum Gasteiger partial charge on any atom is 0.488 e. The van der Waals surface area contributed by atoms with Crippen molar-refractivity contribution in [2.75, 3.05) is 18.8 Å². The number of ether oxygens (including phenoxy) is 1. The van der Waals surface area contributed by atoms with Crippen LogP contribution in [0, 0.1) is 0 Å². The number of nitrogens with two attached hydrogens (primary N) is 1. The highest BCUT2D eigenvalue weighted by atomic mass is 31.3. The Hall–Kier alpha value is -1.31. The van der Waals surface area contributed by atoms with Crippen LogP contribution in [0.15, 0.2) is 12.7 Å². The monoisotopic (exact) mass is 465 g/mol. The number of alkyl halides is 1. The molecule has 3 atom stereocenters. The molecule has 0 aliphatic carbocycles. The third-order valence-corrected chi connectivity index (χ3v) is 6.91. The second-order valence-electron chi connectivity index (χ2n) is 5.16. The Morgan fingerprint density at radius 1 is 1.14 bits per heavy atom. The first-order valence-electron chi connectivity index (χ1n) is 7.03. The summed E-state index contributed by atoms with van der Waals surface area (Å²) in [6.45, 7) is -1.38. The molecule has 0 radical (unpaired) electrons. The summed E-state index contributed by atoms with van der Waals surface area (Å²) in [7, 11) is -16.1. The van der Waals surface area contributed by atoms with Crippen molar-refractivity contribution in [2.45, 2.75) is 12.6 Å². The minimum atomic E-state index is -5.59. The second-order valence-corrected chi connectivity index (χ2v) is 9.92. The molecule has 6 N–H and O–H groups in total. The van der Waals surface area contributed by atoms with Gasteiger partial charge >= 0.3 is 23.2 Å². The van der Waals surface area contributed by atoms with Gasteiger partial charge in [-0.05, 0) is 0 Å². The van der Waals surface area contributed by atoms with Crippen LogP contribution in [0.3, 0.4) is 0 Å². The number of fused-ring (bicyclic) bond motifs is 1. The summed E-state index contributed by atoms with van der Waals surface area (Å²) >= 11 is 0. The Morgan fingerprint density at radius 2 is 1.82 bits per heavy atom. The van der Waals surface area contributed by atoms with Gasteiger partial charge in [0.05, 0.1) is 12.9 Å². The van der Waals surface area contributed by atoms with Crippen LogP contribution in [-0.2, 0) is 33.6 Å². The van der Waals surface area contributed by atoms with Gasteiger partial charge in [-0.2, -0.15) is 4.31 Å². The number of anilines is 1. The van der Waals surface area contributed by atoms with Crippen molar-refractivity contribution in [1.29, 1.82) is 0 Å². The molecule has 158 valence electrons. The zero-order valence-corrected chi connectivity index (χ0v) is 16.4. The lowest BCUT2D eigenvalue weighted by Crippen LogP contribution is -2.23. The van der Waals surface area contributed by atoms with Crippen molar-refractivity contribution >= 4 is 40.2 Å². The molecule has 0 saturated carbocycles. The third-order valence-electron chi connectivity index (χ3n) is 2.92. The number of hydrogen-bond acceptors (Lipinski definition) is 10. The van der Waals surface area contributed by atoms with E-state index in [-0.39, 0.29) is 23.5 Å². The van der Waals surface area contributed by atoms with Crippen LogP contribution < -0.4 is 5.73 Å². The van der Waals surface area contributed by atoms with Crippen molar-refractivity contribution in [3.05, 3.63) is 12.7 Å². The Labute approximate surface area is 155 Å². The molecule has 19 heteroatoms. The predicted octanol–water partition coefficient (Wildman–Crippen LogP) is 0.132. The van der Waals surface area contributed by atoms with Crippen molar-refractivity contribution in [3.63, 3.8) is 0 Å². The largest absolute Gasteiger partial charge is 0.488 e. The molecule has 0 aliphatic heterocycles. The summed E-state index contributed by atoms with van der Waals surface area (Å²) < 4.78 is 60.2. The summed E-state index contributed by atoms with van der Waals surface area (Å²) in [5.74, 6) is 0.0819. The van der Waals surface area contributed by atoms with Gasteiger partial charge in [0.15, 0.2) is 11.5 Å². The molecule has 0 aromatic carbocycles. The number of hydrogen-bond donors (Lipinski definition) is 5. The maximum atomic E-state index is 13.2. The fraction of sp³-hybridized carbons (Fsp3) is 0.444. The average molecular weight is 465 g/mol. The van der Waals surface area contributed by atoms with E-state index in [2.05, 4.69) is 23.6 Å². The van der Waals surface area contributed by atoms with Gasteiger partial charge in [-0.3, -0.25) is 4.57 Å². The number of imidazole rings is 1. The molecule has 0 aliphatic rings. The maximum absolute atomic E-state index is 13.2. The number of phosphoric acid groups is 2. The molecule has 2 rings (SSSR count). The Kier molecular flexibility index (Phi) is 7.05. The number of nitrogen functional groups attached to an aromatic ring is 1. The first kappa shape index (κ1) is 23.0. The van der Waals surface area contributed by atoms with Crippen molar-refractivity contribution in [3.8, 4) is 0 Å². The normalized spacial score (nSPS) is 17.9. The van der Waals surface area contributed by atoms with Crippen LogP contribution in [-0.4, -0.2) is 58.2 Å². The zero-order valence-electron chi connectivity index (χ0n) is 13.7. The van der Waals surface area contributed by atoms with Crippen molar-refractivity contribution < 1.29 is 51.0 Å². The summed E-state index contributed by atoms with van der Waals surface area (Å²) in [6, 6.07) is 0. The first-order valence-corrected chi connectivity index (χ1v) is 11.8. The fourth-order valence-corrected chi connectivity index (χ4v) is 5.27. The average Bonchev–Trinajstić information content (AvgIpc) is 2.92. The quantitative estimate of drug-likeness (QED) is 0.294. The van der Waals surface area contributed by atoms with E-state index in [0.29, 0.717) is 0 Å². The summed E-state index contributed by atoms with van der Waals surface area (Å²) in [6.07, 6.45) is -0.206. The molecule has 0 bridgehead atoms. The second kappa shape index (κ2) is 8.59. The highest BCUT2D eigenvalue weighted by Gasteiger charge is 2.40. The molecule has 0 spiro atoms. The minimum absolute atomic E-state index is 0.0819. The molecule has 0 fully saturated rings. The molecule has 2 heterocycles. The third kappa shape index (κ3) is 6.64. The van der Waals surface area contributed by atoms with E-state index in [9.17, 15) is 23.0 Å². The van der Waals surface area contributed by atoms with Gasteiger partial charge in [0.1, 0.15) is 31.0 Å². The topological polar surface area (TPSA) is 229 Å². The van der Waals surface area contributed by atoms with Crippen molar-refractivity contribution in [1.82, 2.24) is 19.5 Å². The van der Waals surface area contributed by atoms with Gasteiger partial charge < -0.3 is 34.6 Å². The van der Waals surface area contributed by atoms with E-state index in [1.807, 2.05) is 0 Å². The van der Waals surface area contributed by atoms with Gasteiger partial charge in [0.2, 0.25) is 0 Å². The van der Waals surface area contributed by atoms with Crippen molar-refractivity contribution in [2.24, 2.45) is 0 Å². The summed E-state index contributed by atoms with van der Waals surface area (Å²) in [5.41, 5.74) is 6.10. The zero-order chi connectivity index (χ0) is 21.2. The Morgan fingerprint density at radius 3 is 2.43 bits per heavy atom. The van der Waals surface area contributed by atoms with E-state index in [0.717, 1.165) is 6.33 Å². The van der Waals surface area contributed by atoms with Crippen LogP contribution in [0.1, 0.15) is 0 Å². The lowest BCUT2D eigenvalue weighted by molar-refractivity contribution is 0.0443. The standard InChI is InChI=1S/C9H15FN5O10P3/c10-1-6(2-15-4-14-7-8(11)12-3-13-9(7)15)23-5-26(16,17)24-28(21,22)25-27(18,19)20/h3-4,6H,1-2,5H2,(H,16,17)(H,21,22)(H2,11,12,13)(H2,18,19,20). The Balaban J connectivity index is 2.02. The van der Waals surface area contributed by atoms with Crippen LogP contribution in [0.2, 0.25) is 0 Å². The van der Waals surface area contributed by atoms with Gasteiger partial charge in [-0.1, -0.05) is 0 Å². The molecule has 2 aromatic rings. The van der Waals surface area contributed by atoms with E-state index >= 15 is 0 Å². The van der Waals surface area contributed by atoms with E-state index in [1.54, 1.807) is 0 Å². The lowest BCUT2D eigenvalue weighted by Gasteiger charge is -2.19. The van der Waals surface area contributed by atoms with Crippen LogP contribution in [0.5, 0.6) is 0 Å². The summed E-state index contributed by atoms with van der Waals surface area (Å²) in [5, 5.41) is 0. The van der Waals surface area contributed by atoms with Gasteiger partial charge in [0, 0.05) is 0 Å². The molecule has 0 saturated heterocycles. The van der Waals surface area contributed by atoms with Gasteiger partial charge in [-0.15, -0.1) is 0 Å². The van der Waals surface area contributed by atoms with Gasteiger partial charge in [0.25, 0.3) is 0 Å². The minimum Gasteiger partial charge on any atom is -0.382 e. The smallest absolute Gasteiger partial charge is 0.382 e. The van der Waals surface area contributed by atoms with E-state index in [4.69, 9.17) is 25.2 Å². The lowest BCUT2D eigenvalue weighted by atomic mass is 10.4. The number of aromatic nitrogens is 4. The highest BCUT2D eigenvalue weighted by Crippen LogP contribution is 2.65.